The van der Waals surface area contributed by atoms with E-state index in [4.69, 9.17) is 0 Å². The third-order valence-corrected chi connectivity index (χ3v) is 3.73. The molecule has 1 fully saturated rings. The van der Waals surface area contributed by atoms with Crippen molar-refractivity contribution in [3.63, 3.8) is 0 Å². The lowest BCUT2D eigenvalue weighted by atomic mass is 10.0. The molecule has 1 unspecified atom stereocenters. The van der Waals surface area contributed by atoms with Gasteiger partial charge in [-0.15, -0.1) is 0 Å². The zero-order chi connectivity index (χ0) is 12.3. The van der Waals surface area contributed by atoms with Crippen LogP contribution < -0.4 is 5.32 Å². The molecular weight excluding hydrogens is 244 g/mol. The van der Waals surface area contributed by atoms with Gasteiger partial charge >= 0.3 is 0 Å². The number of hydrogen-bond donors (Lipinski definition) is 1. The van der Waals surface area contributed by atoms with E-state index in [1.54, 1.807) is 11.8 Å². The van der Waals surface area contributed by atoms with Gasteiger partial charge < -0.3 is 5.32 Å². The lowest BCUT2D eigenvalue weighted by Gasteiger charge is -2.21. The maximum absolute atomic E-state index is 13.0. The highest BCUT2D eigenvalue weighted by Crippen LogP contribution is 2.13. The van der Waals surface area contributed by atoms with Crippen LogP contribution in [0.25, 0.3) is 0 Å². The Hall–Kier alpha value is -0.940. The van der Waals surface area contributed by atoms with Crippen molar-refractivity contribution < 1.29 is 13.6 Å². The Morgan fingerprint density at radius 2 is 2.24 bits per heavy atom. The summed E-state index contributed by atoms with van der Waals surface area (Å²) >= 11 is 1.73. The zero-order valence-electron chi connectivity index (χ0n) is 9.21. The van der Waals surface area contributed by atoms with Crippen LogP contribution in [0.1, 0.15) is 5.56 Å². The first-order valence-corrected chi connectivity index (χ1v) is 6.60. The third kappa shape index (κ3) is 3.26. The minimum absolute atomic E-state index is 0.0307. The minimum atomic E-state index is -0.902. The van der Waals surface area contributed by atoms with Gasteiger partial charge in [-0.05, 0) is 17.7 Å². The van der Waals surface area contributed by atoms with Crippen LogP contribution in [0.4, 0.5) is 8.78 Å². The quantitative estimate of drug-likeness (QED) is 0.895. The SMILES string of the molecule is O=C(Cc1ccc(F)c(F)c1)C1CSCCN1. The van der Waals surface area contributed by atoms with Gasteiger partial charge in [-0.25, -0.2) is 8.78 Å². The van der Waals surface area contributed by atoms with Crippen LogP contribution in [0.15, 0.2) is 18.2 Å². The van der Waals surface area contributed by atoms with Gasteiger partial charge in [0.05, 0.1) is 6.04 Å². The van der Waals surface area contributed by atoms with Crippen molar-refractivity contribution in [2.24, 2.45) is 0 Å². The molecule has 2 nitrogen and oxygen atoms in total. The number of thioether (sulfide) groups is 1. The van der Waals surface area contributed by atoms with Crippen LogP contribution in [-0.4, -0.2) is 29.9 Å². The van der Waals surface area contributed by atoms with E-state index >= 15 is 0 Å². The first-order chi connectivity index (χ1) is 8.16. The number of Topliss-reactive ketones (excluding diaryl/α,β-unsaturated/α-hetero) is 1. The van der Waals surface area contributed by atoms with Gasteiger partial charge in [-0.2, -0.15) is 11.8 Å². The molecule has 5 heteroatoms. The molecular formula is C12H13F2NOS. The summed E-state index contributed by atoms with van der Waals surface area (Å²) in [5, 5.41) is 3.13. The second kappa shape index (κ2) is 5.60. The Morgan fingerprint density at radius 1 is 1.41 bits per heavy atom. The standard InChI is InChI=1S/C12H13F2NOS/c13-9-2-1-8(5-10(9)14)6-12(16)11-7-17-4-3-15-11/h1-2,5,11,15H,3-4,6-7H2. The molecule has 0 bridgehead atoms. The van der Waals surface area contributed by atoms with Crippen molar-refractivity contribution >= 4 is 17.5 Å². The van der Waals surface area contributed by atoms with Crippen LogP contribution >= 0.6 is 11.8 Å². The predicted molar refractivity (Wildman–Crippen MR) is 64.2 cm³/mol. The topological polar surface area (TPSA) is 29.1 Å². The fraction of sp³-hybridized carbons (Fsp3) is 0.417. The fourth-order valence-electron chi connectivity index (χ4n) is 1.75. The van der Waals surface area contributed by atoms with Gasteiger partial charge in [0.1, 0.15) is 0 Å². The van der Waals surface area contributed by atoms with E-state index in [0.717, 1.165) is 30.2 Å². The van der Waals surface area contributed by atoms with Gasteiger partial charge in [-0.1, -0.05) is 6.07 Å². The van der Waals surface area contributed by atoms with Crippen molar-refractivity contribution in [2.75, 3.05) is 18.1 Å². The number of carbonyl (C=O) groups is 1. The van der Waals surface area contributed by atoms with E-state index in [1.165, 1.54) is 6.07 Å². The fourth-order valence-corrected chi connectivity index (χ4v) is 2.71. The number of halogens is 2. The third-order valence-electron chi connectivity index (χ3n) is 2.67. The number of rotatable bonds is 3. The Bertz CT molecular complexity index is 419. The molecule has 1 saturated heterocycles. The van der Waals surface area contributed by atoms with Crippen LogP contribution in [0.5, 0.6) is 0 Å². The Balaban J connectivity index is 1.99. The van der Waals surface area contributed by atoms with Crippen molar-refractivity contribution in [2.45, 2.75) is 12.5 Å². The number of ketones is 1. The first-order valence-electron chi connectivity index (χ1n) is 5.44. The Morgan fingerprint density at radius 3 is 2.88 bits per heavy atom. The van der Waals surface area contributed by atoms with E-state index in [1.807, 2.05) is 0 Å². The minimum Gasteiger partial charge on any atom is -0.306 e. The molecule has 1 heterocycles. The Kier molecular flexibility index (Phi) is 4.12. The molecule has 0 spiro atoms. The molecule has 1 N–H and O–H groups in total. The second-order valence-corrected chi connectivity index (χ2v) is 5.12. The normalized spacial score (nSPS) is 20.2. The van der Waals surface area contributed by atoms with Crippen molar-refractivity contribution in [1.82, 2.24) is 5.32 Å². The summed E-state index contributed by atoms with van der Waals surface area (Å²) in [5.41, 5.74) is 0.520. The molecule has 0 saturated carbocycles. The van der Waals surface area contributed by atoms with E-state index < -0.39 is 11.6 Å². The number of nitrogens with one attached hydrogen (secondary N) is 1. The van der Waals surface area contributed by atoms with E-state index in [9.17, 15) is 13.6 Å². The van der Waals surface area contributed by atoms with Gasteiger partial charge in [0, 0.05) is 24.5 Å². The molecule has 1 aliphatic heterocycles. The van der Waals surface area contributed by atoms with E-state index in [0.29, 0.717) is 5.56 Å². The summed E-state index contributed by atoms with van der Waals surface area (Å²) in [7, 11) is 0. The molecule has 1 aromatic carbocycles. The molecule has 1 atom stereocenters. The predicted octanol–water partition coefficient (Wildman–Crippen LogP) is 1.78. The molecule has 17 heavy (non-hydrogen) atoms. The summed E-state index contributed by atoms with van der Waals surface area (Å²) in [6, 6.07) is 3.43. The first kappa shape index (κ1) is 12.5. The van der Waals surface area contributed by atoms with Crippen molar-refractivity contribution in [3.05, 3.63) is 35.4 Å². The highest BCUT2D eigenvalue weighted by Gasteiger charge is 2.21. The summed E-state index contributed by atoms with van der Waals surface area (Å²) in [6.07, 6.45) is 0.148. The van der Waals surface area contributed by atoms with Crippen molar-refractivity contribution in [3.8, 4) is 0 Å². The molecule has 2 rings (SSSR count). The average molecular weight is 257 g/mol. The smallest absolute Gasteiger partial charge is 0.159 e. The summed E-state index contributed by atoms with van der Waals surface area (Å²) < 4.78 is 25.7. The molecule has 0 aromatic heterocycles. The highest BCUT2D eigenvalue weighted by molar-refractivity contribution is 7.99. The van der Waals surface area contributed by atoms with E-state index in [-0.39, 0.29) is 18.2 Å². The lowest BCUT2D eigenvalue weighted by molar-refractivity contribution is -0.119. The molecule has 0 radical (unpaired) electrons. The second-order valence-electron chi connectivity index (χ2n) is 3.97. The molecule has 0 amide bonds. The van der Waals surface area contributed by atoms with Crippen LogP contribution in [-0.2, 0) is 11.2 Å². The van der Waals surface area contributed by atoms with Crippen molar-refractivity contribution in [1.29, 1.82) is 0 Å². The summed E-state index contributed by atoms with van der Waals surface area (Å²) in [5.74, 6) is 0.00863. The molecule has 92 valence electrons. The number of hydrogen-bond acceptors (Lipinski definition) is 3. The lowest BCUT2D eigenvalue weighted by Crippen LogP contribution is -2.44. The van der Waals surface area contributed by atoms with Gasteiger partial charge in [0.15, 0.2) is 17.4 Å². The maximum Gasteiger partial charge on any atom is 0.159 e. The van der Waals surface area contributed by atoms with E-state index in [2.05, 4.69) is 5.32 Å². The molecule has 1 aliphatic rings. The van der Waals surface area contributed by atoms with Gasteiger partial charge in [0.2, 0.25) is 0 Å². The summed E-state index contributed by atoms with van der Waals surface area (Å²) in [4.78, 5) is 11.9. The highest BCUT2D eigenvalue weighted by atomic mass is 32.2. The number of benzene rings is 1. The zero-order valence-corrected chi connectivity index (χ0v) is 10.0. The van der Waals surface area contributed by atoms with Crippen LogP contribution in [0.2, 0.25) is 0 Å². The Labute approximate surface area is 103 Å². The maximum atomic E-state index is 13.0. The molecule has 1 aromatic rings. The van der Waals surface area contributed by atoms with Crippen LogP contribution in [0, 0.1) is 11.6 Å². The summed E-state index contributed by atoms with van der Waals surface area (Å²) in [6.45, 7) is 0.818. The monoisotopic (exact) mass is 257 g/mol. The molecule has 0 aliphatic carbocycles. The average Bonchev–Trinajstić information content (AvgIpc) is 2.35. The number of carbonyl (C=O) groups excluding carboxylic acids is 1. The largest absolute Gasteiger partial charge is 0.306 e. The van der Waals surface area contributed by atoms with Gasteiger partial charge in [-0.3, -0.25) is 4.79 Å². The van der Waals surface area contributed by atoms with Crippen LogP contribution in [0.3, 0.4) is 0 Å². The van der Waals surface area contributed by atoms with Gasteiger partial charge in [0.25, 0.3) is 0 Å².